The zero-order valence-electron chi connectivity index (χ0n) is 8.74. The Morgan fingerprint density at radius 2 is 1.54 bits per heavy atom. The van der Waals surface area contributed by atoms with E-state index in [1.54, 1.807) is 0 Å². The Hall–Kier alpha value is -0.130. The van der Waals surface area contributed by atoms with Gasteiger partial charge in [0.05, 0.1) is 0 Å². The SMILES string of the molecule is CC(C)(C)P(C)(=S)c1ccccc1. The van der Waals surface area contributed by atoms with Crippen molar-refractivity contribution in [3.05, 3.63) is 30.3 Å². The molecule has 0 heterocycles. The quantitative estimate of drug-likeness (QED) is 0.644. The molecule has 1 aromatic rings. The van der Waals surface area contributed by atoms with Crippen LogP contribution >= 0.6 is 6.04 Å². The van der Waals surface area contributed by atoms with Gasteiger partial charge in [0.1, 0.15) is 0 Å². The van der Waals surface area contributed by atoms with Crippen LogP contribution in [0.5, 0.6) is 0 Å². The predicted octanol–water partition coefficient (Wildman–Crippen LogP) is 3.22. The van der Waals surface area contributed by atoms with E-state index in [1.807, 2.05) is 6.07 Å². The summed E-state index contributed by atoms with van der Waals surface area (Å²) in [5.74, 6) is 0. The van der Waals surface area contributed by atoms with Crippen molar-refractivity contribution in [3.63, 3.8) is 0 Å². The van der Waals surface area contributed by atoms with Crippen molar-refractivity contribution in [2.45, 2.75) is 25.9 Å². The second kappa shape index (κ2) is 3.55. The Labute approximate surface area is 86.4 Å². The molecule has 1 unspecified atom stereocenters. The van der Waals surface area contributed by atoms with Crippen molar-refractivity contribution in [2.24, 2.45) is 0 Å². The highest BCUT2D eigenvalue weighted by Gasteiger charge is 2.28. The molecule has 13 heavy (non-hydrogen) atoms. The van der Waals surface area contributed by atoms with Crippen LogP contribution in [0.25, 0.3) is 0 Å². The molecule has 0 bridgehead atoms. The van der Waals surface area contributed by atoms with Crippen molar-refractivity contribution < 1.29 is 0 Å². The van der Waals surface area contributed by atoms with Crippen LogP contribution in [0, 0.1) is 0 Å². The molecule has 0 spiro atoms. The van der Waals surface area contributed by atoms with Crippen molar-refractivity contribution in [1.29, 1.82) is 0 Å². The Kier molecular flexibility index (Phi) is 2.99. The molecule has 1 aromatic carbocycles. The zero-order chi connectivity index (χ0) is 10.1. The fourth-order valence-electron chi connectivity index (χ4n) is 1.10. The third-order valence-corrected chi connectivity index (χ3v) is 8.65. The minimum atomic E-state index is -1.40. The molecule has 0 aliphatic rings. The molecule has 0 radical (unpaired) electrons. The standard InChI is InChI=1S/C11H17PS/c1-11(2,3)12(4,13)10-8-6-5-7-9-10/h5-9H,1-4H3. The Morgan fingerprint density at radius 1 is 1.08 bits per heavy atom. The van der Waals surface area contributed by atoms with Gasteiger partial charge in [0.2, 0.25) is 0 Å². The first-order chi connectivity index (χ1) is 5.86. The fraction of sp³-hybridized carbons (Fsp3) is 0.455. The summed E-state index contributed by atoms with van der Waals surface area (Å²) >= 11 is 5.76. The molecule has 0 aliphatic carbocycles. The van der Waals surface area contributed by atoms with E-state index in [4.69, 9.17) is 11.8 Å². The van der Waals surface area contributed by atoms with E-state index >= 15 is 0 Å². The Balaban J connectivity index is 3.17. The van der Waals surface area contributed by atoms with Crippen LogP contribution in [-0.2, 0) is 11.8 Å². The summed E-state index contributed by atoms with van der Waals surface area (Å²) in [6.07, 6.45) is 0. The number of hydrogen-bond acceptors (Lipinski definition) is 1. The molecule has 0 aromatic heterocycles. The van der Waals surface area contributed by atoms with Crippen LogP contribution in [-0.4, -0.2) is 11.8 Å². The van der Waals surface area contributed by atoms with Gasteiger partial charge >= 0.3 is 0 Å². The van der Waals surface area contributed by atoms with Crippen molar-refractivity contribution >= 4 is 23.1 Å². The average Bonchev–Trinajstić information content (AvgIpc) is 2.04. The van der Waals surface area contributed by atoms with Crippen LogP contribution in [0.2, 0.25) is 0 Å². The molecule has 0 saturated carbocycles. The van der Waals surface area contributed by atoms with E-state index in [0.717, 1.165) is 0 Å². The van der Waals surface area contributed by atoms with E-state index < -0.39 is 6.04 Å². The van der Waals surface area contributed by atoms with Gasteiger partial charge in [-0.25, -0.2) is 0 Å². The topological polar surface area (TPSA) is 0 Å². The van der Waals surface area contributed by atoms with E-state index in [0.29, 0.717) is 0 Å². The van der Waals surface area contributed by atoms with Gasteiger partial charge in [-0.2, -0.15) is 0 Å². The maximum absolute atomic E-state index is 5.76. The van der Waals surface area contributed by atoms with Crippen LogP contribution in [0.4, 0.5) is 0 Å². The van der Waals surface area contributed by atoms with Gasteiger partial charge in [-0.05, 0) is 23.2 Å². The number of benzene rings is 1. The highest BCUT2D eigenvalue weighted by Crippen LogP contribution is 2.53. The minimum absolute atomic E-state index is 0.226. The summed E-state index contributed by atoms with van der Waals surface area (Å²) in [5.41, 5.74) is 0. The first-order valence-electron chi connectivity index (χ1n) is 4.49. The molecule has 0 saturated heterocycles. The lowest BCUT2D eigenvalue weighted by atomic mass is 10.3. The monoisotopic (exact) mass is 212 g/mol. The number of rotatable bonds is 1. The van der Waals surface area contributed by atoms with Crippen LogP contribution in [0.15, 0.2) is 30.3 Å². The molecule has 0 nitrogen and oxygen atoms in total. The molecular weight excluding hydrogens is 195 g/mol. The summed E-state index contributed by atoms with van der Waals surface area (Å²) < 4.78 is 0. The summed E-state index contributed by atoms with van der Waals surface area (Å²) in [4.78, 5) is 0. The highest BCUT2D eigenvalue weighted by molar-refractivity contribution is 8.18. The molecule has 0 fully saturated rings. The van der Waals surface area contributed by atoms with Crippen LogP contribution in [0.1, 0.15) is 20.8 Å². The molecule has 0 N–H and O–H groups in total. The molecule has 2 heteroatoms. The molecule has 1 rings (SSSR count). The van der Waals surface area contributed by atoms with E-state index in [9.17, 15) is 0 Å². The van der Waals surface area contributed by atoms with Crippen LogP contribution < -0.4 is 5.30 Å². The van der Waals surface area contributed by atoms with Crippen molar-refractivity contribution in [2.75, 3.05) is 6.66 Å². The second-order valence-electron chi connectivity index (χ2n) is 4.43. The molecule has 72 valence electrons. The lowest BCUT2D eigenvalue weighted by Gasteiger charge is -2.32. The smallest absolute Gasteiger partial charge is 0.00538 e. The molecule has 0 amide bonds. The molecular formula is C11H17PS. The zero-order valence-corrected chi connectivity index (χ0v) is 10.5. The normalized spacial score (nSPS) is 16.6. The third-order valence-electron chi connectivity index (χ3n) is 2.53. The summed E-state index contributed by atoms with van der Waals surface area (Å²) in [7, 11) is 0. The van der Waals surface area contributed by atoms with Gasteiger partial charge < -0.3 is 0 Å². The van der Waals surface area contributed by atoms with E-state index in [1.165, 1.54) is 5.30 Å². The van der Waals surface area contributed by atoms with Crippen LogP contribution in [0.3, 0.4) is 0 Å². The summed E-state index contributed by atoms with van der Waals surface area (Å²) in [5, 5.41) is 1.57. The lowest BCUT2D eigenvalue weighted by molar-refractivity contribution is 0.789. The minimum Gasteiger partial charge on any atom is -0.0923 e. The van der Waals surface area contributed by atoms with Gasteiger partial charge in [-0.1, -0.05) is 62.9 Å². The molecule has 0 aliphatic heterocycles. The van der Waals surface area contributed by atoms with Gasteiger partial charge in [0.15, 0.2) is 0 Å². The third kappa shape index (κ3) is 2.21. The summed E-state index contributed by atoms with van der Waals surface area (Å²) in [6, 6.07) is 9.12. The van der Waals surface area contributed by atoms with Crippen molar-refractivity contribution in [1.82, 2.24) is 0 Å². The maximum atomic E-state index is 5.76. The highest BCUT2D eigenvalue weighted by atomic mass is 32.4. The van der Waals surface area contributed by atoms with E-state index in [2.05, 4.69) is 51.7 Å². The first-order valence-corrected chi connectivity index (χ1v) is 7.74. The van der Waals surface area contributed by atoms with Gasteiger partial charge in [-0.15, -0.1) is 0 Å². The maximum Gasteiger partial charge on any atom is -0.00538 e. The molecule has 1 atom stereocenters. The van der Waals surface area contributed by atoms with Gasteiger partial charge in [-0.3, -0.25) is 0 Å². The Morgan fingerprint density at radius 3 is 1.92 bits per heavy atom. The average molecular weight is 212 g/mol. The lowest BCUT2D eigenvalue weighted by Crippen LogP contribution is -2.21. The largest absolute Gasteiger partial charge is 0.0923 e. The fourth-order valence-corrected chi connectivity index (χ4v) is 2.98. The van der Waals surface area contributed by atoms with Gasteiger partial charge in [0.25, 0.3) is 0 Å². The van der Waals surface area contributed by atoms with Gasteiger partial charge in [0, 0.05) is 0 Å². The first kappa shape index (κ1) is 10.9. The predicted molar refractivity (Wildman–Crippen MR) is 66.0 cm³/mol. The summed E-state index contributed by atoms with van der Waals surface area (Å²) in [6.45, 7) is 8.94. The second-order valence-corrected chi connectivity index (χ2v) is 10.3. The van der Waals surface area contributed by atoms with E-state index in [-0.39, 0.29) is 5.16 Å². The van der Waals surface area contributed by atoms with Crippen molar-refractivity contribution in [3.8, 4) is 0 Å². The Bertz CT molecular complexity index is 322. The number of hydrogen-bond donors (Lipinski definition) is 0.